The number of aryl methyl sites for hydroxylation is 1. The lowest BCUT2D eigenvalue weighted by molar-refractivity contribution is -0.118. The number of nitrogens with zero attached hydrogens (tertiary/aromatic N) is 1. The van der Waals surface area contributed by atoms with Crippen molar-refractivity contribution in [2.24, 2.45) is 5.92 Å². The van der Waals surface area contributed by atoms with Gasteiger partial charge in [-0.1, -0.05) is 13.8 Å². The Morgan fingerprint density at radius 2 is 1.81 bits per heavy atom. The summed E-state index contributed by atoms with van der Waals surface area (Å²) in [5, 5.41) is 2.76. The van der Waals surface area contributed by atoms with E-state index in [2.05, 4.69) is 15.0 Å². The summed E-state index contributed by atoms with van der Waals surface area (Å²) in [6.45, 7) is 6.22. The molecular weight excluding hydrogens is 434 g/mol. The maximum absolute atomic E-state index is 13.0. The second kappa shape index (κ2) is 8.79. The minimum Gasteiger partial charge on any atom is -0.490 e. The number of hydrogen-bond acceptors (Lipinski definition) is 7. The molecule has 2 heterocycles. The van der Waals surface area contributed by atoms with Crippen LogP contribution < -0.4 is 19.5 Å². The van der Waals surface area contributed by atoms with Crippen molar-refractivity contribution in [3.05, 3.63) is 42.3 Å². The van der Waals surface area contributed by atoms with Crippen molar-refractivity contribution in [2.75, 3.05) is 18.5 Å². The van der Waals surface area contributed by atoms with Crippen molar-refractivity contribution in [1.82, 2.24) is 9.71 Å². The van der Waals surface area contributed by atoms with Gasteiger partial charge in [0.1, 0.15) is 11.6 Å². The highest BCUT2D eigenvalue weighted by atomic mass is 32.2. The van der Waals surface area contributed by atoms with Crippen LogP contribution in [-0.4, -0.2) is 38.6 Å². The number of sulfonamides is 1. The highest BCUT2D eigenvalue weighted by Gasteiger charge is 2.29. The molecule has 1 aromatic heterocycles. The second-order valence-electron chi connectivity index (χ2n) is 7.91. The van der Waals surface area contributed by atoms with Gasteiger partial charge in [-0.05, 0) is 36.2 Å². The predicted octanol–water partition coefficient (Wildman–Crippen LogP) is 3.24. The highest BCUT2D eigenvalue weighted by Crippen LogP contribution is 2.32. The van der Waals surface area contributed by atoms with Gasteiger partial charge >= 0.3 is 0 Å². The van der Waals surface area contributed by atoms with Gasteiger partial charge < -0.3 is 19.2 Å². The lowest BCUT2D eigenvalue weighted by Crippen LogP contribution is -2.47. The number of amides is 1. The number of carbonyl (C=O) groups excluding carboxylic acids is 1. The molecule has 0 saturated carbocycles. The summed E-state index contributed by atoms with van der Waals surface area (Å²) in [4.78, 5) is 17.2. The number of carbonyl (C=O) groups is 1. The molecule has 9 nitrogen and oxygen atoms in total. The van der Waals surface area contributed by atoms with E-state index in [4.69, 9.17) is 13.9 Å². The average Bonchev–Trinajstić information content (AvgIpc) is 2.95. The Kier molecular flexibility index (Phi) is 6.07. The smallest absolute Gasteiger partial charge is 0.242 e. The lowest BCUT2D eigenvalue weighted by Gasteiger charge is -2.22. The van der Waals surface area contributed by atoms with Crippen molar-refractivity contribution < 1.29 is 27.1 Å². The maximum atomic E-state index is 13.0. The van der Waals surface area contributed by atoms with E-state index in [0.29, 0.717) is 53.8 Å². The Morgan fingerprint density at radius 1 is 1.06 bits per heavy atom. The number of oxazole rings is 1. The first-order valence-electron chi connectivity index (χ1n) is 10.3. The quantitative estimate of drug-likeness (QED) is 0.581. The van der Waals surface area contributed by atoms with Crippen molar-refractivity contribution in [3.63, 3.8) is 0 Å². The normalized spacial score (nSPS) is 14.9. The summed E-state index contributed by atoms with van der Waals surface area (Å²) in [7, 11) is -3.99. The molecule has 1 atom stereocenters. The van der Waals surface area contributed by atoms with Crippen LogP contribution in [0.5, 0.6) is 11.5 Å². The maximum Gasteiger partial charge on any atom is 0.242 e. The molecule has 3 aromatic rings. The van der Waals surface area contributed by atoms with Gasteiger partial charge in [-0.2, -0.15) is 4.72 Å². The third-order valence-corrected chi connectivity index (χ3v) is 6.46. The van der Waals surface area contributed by atoms with Crippen molar-refractivity contribution >= 4 is 32.7 Å². The van der Waals surface area contributed by atoms with Gasteiger partial charge in [0.2, 0.25) is 15.9 Å². The molecule has 4 rings (SSSR count). The fraction of sp³-hybridized carbons (Fsp3) is 0.364. The fourth-order valence-electron chi connectivity index (χ4n) is 3.38. The first-order chi connectivity index (χ1) is 15.2. The number of nitrogens with one attached hydrogen (secondary N) is 2. The molecule has 0 radical (unpaired) electrons. The molecule has 0 aliphatic carbocycles. The standard InChI is InChI=1S/C22H25N3O6S/c1-13(2)21(22(26)24-15-5-7-18-17(11-15)23-14(3)31-18)25-32(27,28)16-6-8-19-20(12-16)30-10-4-9-29-19/h5-8,11-13,21,25H,4,9-10H2,1-3H3,(H,24,26)/t21-/m1/s1. The summed E-state index contributed by atoms with van der Waals surface area (Å²) < 4.78 is 45.2. The zero-order chi connectivity index (χ0) is 22.9. The van der Waals surface area contributed by atoms with Crippen LogP contribution in [0, 0.1) is 12.8 Å². The molecule has 170 valence electrons. The monoisotopic (exact) mass is 459 g/mol. The summed E-state index contributed by atoms with van der Waals surface area (Å²) in [5.41, 5.74) is 1.71. The van der Waals surface area contributed by atoms with E-state index in [1.54, 1.807) is 45.0 Å². The summed E-state index contributed by atoms with van der Waals surface area (Å²) in [6, 6.07) is 8.49. The van der Waals surface area contributed by atoms with Crippen molar-refractivity contribution in [1.29, 1.82) is 0 Å². The third kappa shape index (κ3) is 4.71. The van der Waals surface area contributed by atoms with Crippen molar-refractivity contribution in [2.45, 2.75) is 38.1 Å². The van der Waals surface area contributed by atoms with Crippen LogP contribution in [0.4, 0.5) is 5.69 Å². The number of benzene rings is 2. The van der Waals surface area contributed by atoms with Crippen molar-refractivity contribution in [3.8, 4) is 11.5 Å². The third-order valence-electron chi connectivity index (χ3n) is 5.02. The Bertz CT molecular complexity index is 1250. The molecule has 0 bridgehead atoms. The second-order valence-corrected chi connectivity index (χ2v) is 9.62. The van der Waals surface area contributed by atoms with Gasteiger partial charge in [0.25, 0.3) is 0 Å². The first kappa shape index (κ1) is 22.1. The van der Waals surface area contributed by atoms with Gasteiger partial charge in [-0.3, -0.25) is 4.79 Å². The number of anilines is 1. The fourth-order valence-corrected chi connectivity index (χ4v) is 4.74. The SMILES string of the molecule is Cc1nc2cc(NC(=O)[C@H](NS(=O)(=O)c3ccc4c(c3)OCCCO4)C(C)C)ccc2o1. The van der Waals surface area contributed by atoms with E-state index in [9.17, 15) is 13.2 Å². The minimum atomic E-state index is -3.99. The summed E-state index contributed by atoms with van der Waals surface area (Å²) >= 11 is 0. The van der Waals surface area contributed by atoms with Crippen LogP contribution >= 0.6 is 0 Å². The zero-order valence-electron chi connectivity index (χ0n) is 18.0. The van der Waals surface area contributed by atoms with Gasteiger partial charge in [0.15, 0.2) is 23.0 Å². The Hall–Kier alpha value is -3.11. The molecule has 2 aromatic carbocycles. The number of ether oxygens (including phenoxy) is 2. The van der Waals surface area contributed by atoms with E-state index in [-0.39, 0.29) is 10.8 Å². The van der Waals surface area contributed by atoms with E-state index < -0.39 is 22.0 Å². The number of fused-ring (bicyclic) bond motifs is 2. The van der Waals surface area contributed by atoms with Crippen LogP contribution in [0.15, 0.2) is 45.7 Å². The average molecular weight is 460 g/mol. The molecule has 10 heteroatoms. The molecular formula is C22H25N3O6S. The van der Waals surface area contributed by atoms with Crippen LogP contribution in [-0.2, 0) is 14.8 Å². The lowest BCUT2D eigenvalue weighted by atomic mass is 10.0. The minimum absolute atomic E-state index is 0.000285. The van der Waals surface area contributed by atoms with Crippen LogP contribution in [0.1, 0.15) is 26.2 Å². The molecule has 1 amide bonds. The Morgan fingerprint density at radius 3 is 2.56 bits per heavy atom. The molecule has 2 N–H and O–H groups in total. The molecule has 1 aliphatic heterocycles. The zero-order valence-corrected chi connectivity index (χ0v) is 18.9. The van der Waals surface area contributed by atoms with Crippen LogP contribution in [0.2, 0.25) is 0 Å². The molecule has 0 fully saturated rings. The number of aromatic nitrogens is 1. The van der Waals surface area contributed by atoms with Gasteiger partial charge in [-0.25, -0.2) is 13.4 Å². The number of hydrogen-bond donors (Lipinski definition) is 2. The van der Waals surface area contributed by atoms with Gasteiger partial charge in [0.05, 0.1) is 18.1 Å². The summed E-state index contributed by atoms with van der Waals surface area (Å²) in [6.07, 6.45) is 0.713. The Balaban J connectivity index is 1.54. The largest absolute Gasteiger partial charge is 0.490 e. The van der Waals surface area contributed by atoms with Crippen LogP contribution in [0.25, 0.3) is 11.1 Å². The molecule has 0 saturated heterocycles. The highest BCUT2D eigenvalue weighted by molar-refractivity contribution is 7.89. The van der Waals surface area contributed by atoms with Crippen LogP contribution in [0.3, 0.4) is 0 Å². The Labute approximate surface area is 186 Å². The first-order valence-corrected chi connectivity index (χ1v) is 11.8. The van der Waals surface area contributed by atoms with E-state index >= 15 is 0 Å². The van der Waals surface area contributed by atoms with Gasteiger partial charge in [-0.15, -0.1) is 0 Å². The van der Waals surface area contributed by atoms with E-state index in [1.807, 2.05) is 0 Å². The molecule has 1 aliphatic rings. The molecule has 0 spiro atoms. The van der Waals surface area contributed by atoms with E-state index in [1.165, 1.54) is 12.1 Å². The van der Waals surface area contributed by atoms with E-state index in [0.717, 1.165) is 0 Å². The van der Waals surface area contributed by atoms with Gasteiger partial charge in [0, 0.05) is 25.1 Å². The predicted molar refractivity (Wildman–Crippen MR) is 118 cm³/mol. The summed E-state index contributed by atoms with van der Waals surface area (Å²) in [5.74, 6) is 0.609. The molecule has 32 heavy (non-hydrogen) atoms. The topological polar surface area (TPSA) is 120 Å². The number of rotatable bonds is 6. The molecule has 0 unspecified atom stereocenters.